The van der Waals surface area contributed by atoms with E-state index in [0.717, 1.165) is 5.33 Å². The van der Waals surface area contributed by atoms with Crippen LogP contribution >= 0.6 is 27.7 Å². The van der Waals surface area contributed by atoms with Crippen molar-refractivity contribution >= 4 is 39.6 Å². The Morgan fingerprint density at radius 2 is 2.24 bits per heavy atom. The predicted molar refractivity (Wildman–Crippen MR) is 70.2 cm³/mol. The van der Waals surface area contributed by atoms with Gasteiger partial charge in [-0.05, 0) is 19.8 Å². The zero-order chi connectivity index (χ0) is 13.0. The predicted octanol–water partition coefficient (Wildman–Crippen LogP) is 1.78. The average Bonchev–Trinajstić information content (AvgIpc) is 2.46. The molecule has 0 aromatic heterocycles. The molecule has 17 heavy (non-hydrogen) atoms. The zero-order valence-corrected chi connectivity index (χ0v) is 12.4. The molecule has 96 valence electrons. The van der Waals surface area contributed by atoms with Gasteiger partial charge >= 0.3 is 5.97 Å². The van der Waals surface area contributed by atoms with Crippen LogP contribution in [0.2, 0.25) is 0 Å². The molecule has 2 fully saturated rings. The van der Waals surface area contributed by atoms with E-state index in [1.165, 1.54) is 0 Å². The number of carbonyl (C=O) groups excluding carboxylic acids is 1. The fraction of sp³-hybridized carbons (Fsp3) is 0.818. The first-order valence-corrected chi connectivity index (χ1v) is 7.60. The summed E-state index contributed by atoms with van der Waals surface area (Å²) in [6.45, 7) is 5.83. The lowest BCUT2D eigenvalue weighted by Crippen LogP contribution is -2.64. The Bertz CT molecular complexity index is 374. The standard InChI is InChI=1S/C11H16BrNO3S/c1-5(4-12)6-8(14)13-7(10(15)16)11(2,3)17-9(6)13/h5-7,9H,4H2,1-3H3,(H,15,16)/t5?,6-,7+,9-/m1/s1. The summed E-state index contributed by atoms with van der Waals surface area (Å²) in [7, 11) is 0. The molecule has 4 atom stereocenters. The maximum Gasteiger partial charge on any atom is 0.327 e. The first kappa shape index (κ1) is 13.2. The van der Waals surface area contributed by atoms with Crippen LogP contribution in [-0.4, -0.2) is 43.4 Å². The highest BCUT2D eigenvalue weighted by atomic mass is 79.9. The molecule has 0 aliphatic carbocycles. The summed E-state index contributed by atoms with van der Waals surface area (Å²) < 4.78 is -0.410. The fourth-order valence-corrected chi connectivity index (χ4v) is 4.90. The number of β-lactam (4-membered cyclic amide) rings is 1. The third-order valence-electron chi connectivity index (χ3n) is 3.57. The van der Waals surface area contributed by atoms with Crippen LogP contribution in [0.5, 0.6) is 0 Å². The molecule has 1 unspecified atom stereocenters. The van der Waals surface area contributed by atoms with Crippen molar-refractivity contribution in [3.8, 4) is 0 Å². The topological polar surface area (TPSA) is 57.6 Å². The lowest BCUT2D eigenvalue weighted by Gasteiger charge is -2.45. The Balaban J connectivity index is 2.25. The highest BCUT2D eigenvalue weighted by Crippen LogP contribution is 2.55. The smallest absolute Gasteiger partial charge is 0.327 e. The fourth-order valence-electron chi connectivity index (χ4n) is 2.66. The molecule has 0 radical (unpaired) electrons. The number of aliphatic carboxylic acids is 1. The van der Waals surface area contributed by atoms with E-state index < -0.39 is 16.8 Å². The summed E-state index contributed by atoms with van der Waals surface area (Å²) in [6.07, 6.45) is 0. The average molecular weight is 322 g/mol. The quantitative estimate of drug-likeness (QED) is 0.636. The molecule has 0 spiro atoms. The lowest BCUT2D eigenvalue weighted by molar-refractivity contribution is -0.165. The van der Waals surface area contributed by atoms with Crippen molar-refractivity contribution in [3.63, 3.8) is 0 Å². The maximum atomic E-state index is 12.1. The third-order valence-corrected chi connectivity index (χ3v) is 6.19. The number of hydrogen-bond donors (Lipinski definition) is 1. The SMILES string of the molecule is CC(CBr)[C@@H]1C(=O)N2[C@@H]1SC(C)(C)[C@@H]2C(=O)O. The van der Waals surface area contributed by atoms with E-state index in [-0.39, 0.29) is 23.1 Å². The molecule has 1 N–H and O–H groups in total. The number of amides is 1. The number of rotatable bonds is 3. The first-order valence-electron chi connectivity index (χ1n) is 5.60. The molecule has 1 amide bonds. The molecule has 4 nitrogen and oxygen atoms in total. The van der Waals surface area contributed by atoms with Crippen LogP contribution in [0.1, 0.15) is 20.8 Å². The highest BCUT2D eigenvalue weighted by molar-refractivity contribution is 9.09. The molecule has 0 aromatic rings. The Morgan fingerprint density at radius 3 is 2.71 bits per heavy atom. The van der Waals surface area contributed by atoms with Crippen LogP contribution in [-0.2, 0) is 9.59 Å². The van der Waals surface area contributed by atoms with Crippen molar-refractivity contribution in [3.05, 3.63) is 0 Å². The summed E-state index contributed by atoms with van der Waals surface area (Å²) in [5.74, 6) is -0.696. The van der Waals surface area contributed by atoms with Crippen molar-refractivity contribution in [2.75, 3.05) is 5.33 Å². The minimum Gasteiger partial charge on any atom is -0.480 e. The largest absolute Gasteiger partial charge is 0.480 e. The molecule has 2 aliphatic heterocycles. The monoisotopic (exact) mass is 321 g/mol. The number of fused-ring (bicyclic) bond motifs is 1. The van der Waals surface area contributed by atoms with Gasteiger partial charge in [0.2, 0.25) is 5.91 Å². The summed E-state index contributed by atoms with van der Waals surface area (Å²) in [5, 5.41) is 10.1. The minimum absolute atomic E-state index is 0.00701. The van der Waals surface area contributed by atoms with E-state index >= 15 is 0 Å². The van der Waals surface area contributed by atoms with E-state index in [2.05, 4.69) is 15.9 Å². The van der Waals surface area contributed by atoms with Gasteiger partial charge in [-0.15, -0.1) is 11.8 Å². The molecule has 0 saturated carbocycles. The summed E-state index contributed by atoms with van der Waals surface area (Å²) in [6, 6.07) is -0.691. The second-order valence-electron chi connectivity index (χ2n) is 5.26. The van der Waals surface area contributed by atoms with E-state index in [1.54, 1.807) is 16.7 Å². The molecule has 2 heterocycles. The zero-order valence-electron chi connectivity index (χ0n) is 10.0. The first-order chi connectivity index (χ1) is 7.81. The molecule has 6 heteroatoms. The molecular weight excluding hydrogens is 306 g/mol. The molecule has 2 saturated heterocycles. The van der Waals surface area contributed by atoms with Crippen molar-refractivity contribution in [1.82, 2.24) is 4.90 Å². The van der Waals surface area contributed by atoms with Gasteiger partial charge in [-0.2, -0.15) is 0 Å². The van der Waals surface area contributed by atoms with Gasteiger partial charge in [0.15, 0.2) is 0 Å². The van der Waals surface area contributed by atoms with Crippen LogP contribution in [0.4, 0.5) is 0 Å². The number of alkyl halides is 1. The van der Waals surface area contributed by atoms with E-state index in [9.17, 15) is 14.7 Å². The lowest BCUT2D eigenvalue weighted by atomic mass is 9.84. The van der Waals surface area contributed by atoms with Crippen molar-refractivity contribution in [2.45, 2.75) is 36.9 Å². The van der Waals surface area contributed by atoms with Crippen LogP contribution in [0, 0.1) is 11.8 Å². The van der Waals surface area contributed by atoms with Gasteiger partial charge in [-0.1, -0.05) is 22.9 Å². The van der Waals surface area contributed by atoms with Gasteiger partial charge in [-0.3, -0.25) is 4.79 Å². The minimum atomic E-state index is -0.900. The maximum absolute atomic E-state index is 12.1. The highest BCUT2D eigenvalue weighted by Gasteiger charge is 2.64. The van der Waals surface area contributed by atoms with Gasteiger partial charge < -0.3 is 10.0 Å². The number of carboxylic acids is 1. The van der Waals surface area contributed by atoms with E-state index in [0.29, 0.717) is 0 Å². The van der Waals surface area contributed by atoms with Crippen molar-refractivity contribution in [2.24, 2.45) is 11.8 Å². The normalized spacial score (nSPS) is 36.4. The third kappa shape index (κ3) is 1.80. The van der Waals surface area contributed by atoms with Crippen molar-refractivity contribution in [1.29, 1.82) is 0 Å². The van der Waals surface area contributed by atoms with Gasteiger partial charge in [0.25, 0.3) is 0 Å². The summed E-state index contributed by atoms with van der Waals surface area (Å²) in [4.78, 5) is 24.9. The van der Waals surface area contributed by atoms with Gasteiger partial charge in [0.1, 0.15) is 6.04 Å². The number of carbonyl (C=O) groups is 2. The Kier molecular flexibility index (Phi) is 3.23. The Labute approximate surface area is 113 Å². The van der Waals surface area contributed by atoms with Crippen LogP contribution < -0.4 is 0 Å². The van der Waals surface area contributed by atoms with Gasteiger partial charge in [-0.25, -0.2) is 4.79 Å². The molecule has 2 rings (SSSR count). The second kappa shape index (κ2) is 4.16. The molecule has 0 aromatic carbocycles. The van der Waals surface area contributed by atoms with E-state index in [4.69, 9.17) is 0 Å². The van der Waals surface area contributed by atoms with Gasteiger partial charge in [0, 0.05) is 10.1 Å². The number of thioether (sulfide) groups is 1. The number of carboxylic acid groups (broad SMARTS) is 1. The summed E-state index contributed by atoms with van der Waals surface area (Å²) in [5.41, 5.74) is 0. The Hall–Kier alpha value is -0.230. The van der Waals surface area contributed by atoms with E-state index in [1.807, 2.05) is 20.8 Å². The molecule has 0 bridgehead atoms. The number of nitrogens with zero attached hydrogens (tertiary/aromatic N) is 1. The van der Waals surface area contributed by atoms with Crippen LogP contribution in [0.25, 0.3) is 0 Å². The van der Waals surface area contributed by atoms with Crippen molar-refractivity contribution < 1.29 is 14.7 Å². The number of hydrogen-bond acceptors (Lipinski definition) is 3. The molecular formula is C11H16BrNO3S. The number of halogens is 1. The second-order valence-corrected chi connectivity index (χ2v) is 7.67. The molecule has 2 aliphatic rings. The summed E-state index contributed by atoms with van der Waals surface area (Å²) >= 11 is 5.00. The van der Waals surface area contributed by atoms with Crippen LogP contribution in [0.3, 0.4) is 0 Å². The van der Waals surface area contributed by atoms with Gasteiger partial charge in [0.05, 0.1) is 11.3 Å². The van der Waals surface area contributed by atoms with Crippen LogP contribution in [0.15, 0.2) is 0 Å². The Morgan fingerprint density at radius 1 is 1.65 bits per heavy atom.